The summed E-state index contributed by atoms with van der Waals surface area (Å²) in [5.41, 5.74) is 0.757. The maximum atomic E-state index is 9.81. The Kier molecular flexibility index (Phi) is 5.05. The van der Waals surface area contributed by atoms with Crippen molar-refractivity contribution in [2.75, 3.05) is 33.4 Å². The lowest BCUT2D eigenvalue weighted by atomic mass is 9.89. The summed E-state index contributed by atoms with van der Waals surface area (Å²) in [5, 5.41) is 13.9. The molecule has 6 nitrogen and oxygen atoms in total. The number of aliphatic hydroxyl groups excluding tert-OH is 1. The van der Waals surface area contributed by atoms with Gasteiger partial charge in [-0.2, -0.15) is 4.98 Å². The van der Waals surface area contributed by atoms with E-state index < -0.39 is 0 Å². The molecular weight excluding hydrogens is 294 g/mol. The normalized spacial score (nSPS) is 17.5. The number of hydrogen-bond donors (Lipinski definition) is 1. The Bertz CT molecular complexity index is 609. The van der Waals surface area contributed by atoms with Crippen LogP contribution in [0.5, 0.6) is 0 Å². The van der Waals surface area contributed by atoms with Crippen LogP contribution >= 0.6 is 0 Å². The Morgan fingerprint density at radius 3 is 2.65 bits per heavy atom. The molecule has 3 rings (SSSR count). The van der Waals surface area contributed by atoms with Gasteiger partial charge in [-0.05, 0) is 19.9 Å². The summed E-state index contributed by atoms with van der Waals surface area (Å²) in [6, 6.07) is 9.79. The van der Waals surface area contributed by atoms with Crippen LogP contribution in [0.3, 0.4) is 0 Å². The molecule has 0 bridgehead atoms. The van der Waals surface area contributed by atoms with Crippen molar-refractivity contribution in [2.45, 2.75) is 24.8 Å². The molecule has 1 aliphatic heterocycles. The van der Waals surface area contributed by atoms with E-state index in [1.165, 1.54) is 0 Å². The van der Waals surface area contributed by atoms with E-state index in [0.717, 1.165) is 24.9 Å². The summed E-state index contributed by atoms with van der Waals surface area (Å²) in [4.78, 5) is 6.65. The predicted octanol–water partition coefficient (Wildman–Crippen LogP) is 1.75. The number of benzene rings is 1. The molecule has 0 saturated carbocycles. The Morgan fingerprint density at radius 1 is 1.22 bits per heavy atom. The first kappa shape index (κ1) is 16.1. The van der Waals surface area contributed by atoms with Crippen LogP contribution < -0.4 is 0 Å². The van der Waals surface area contributed by atoms with E-state index in [0.29, 0.717) is 31.3 Å². The van der Waals surface area contributed by atoms with Gasteiger partial charge in [0.25, 0.3) is 0 Å². The minimum absolute atomic E-state index is 0.145. The monoisotopic (exact) mass is 317 g/mol. The number of rotatable bonds is 6. The van der Waals surface area contributed by atoms with Crippen LogP contribution in [0.15, 0.2) is 34.9 Å². The molecule has 0 amide bonds. The van der Waals surface area contributed by atoms with E-state index in [1.54, 1.807) is 0 Å². The molecule has 23 heavy (non-hydrogen) atoms. The van der Waals surface area contributed by atoms with Crippen molar-refractivity contribution in [2.24, 2.45) is 0 Å². The lowest BCUT2D eigenvalue weighted by molar-refractivity contribution is -0.0460. The van der Waals surface area contributed by atoms with Crippen LogP contribution in [-0.2, 0) is 11.2 Å². The lowest BCUT2D eigenvalue weighted by Crippen LogP contribution is -2.53. The van der Waals surface area contributed by atoms with E-state index >= 15 is 0 Å². The first-order valence-corrected chi connectivity index (χ1v) is 8.01. The van der Waals surface area contributed by atoms with Crippen LogP contribution in [0, 0.1) is 0 Å². The summed E-state index contributed by atoms with van der Waals surface area (Å²) in [5.74, 6) is 1.24. The number of likely N-dealkylation sites (N-methyl/N-ethyl adjacent to an activating group) is 1. The van der Waals surface area contributed by atoms with E-state index in [1.807, 2.05) is 37.4 Å². The summed E-state index contributed by atoms with van der Waals surface area (Å²) in [6.07, 6.45) is 2.36. The number of aromatic nitrogens is 2. The fraction of sp³-hybridized carbons (Fsp3) is 0.529. The molecule has 0 spiro atoms. The Morgan fingerprint density at radius 2 is 1.96 bits per heavy atom. The zero-order chi connectivity index (χ0) is 16.1. The highest BCUT2D eigenvalue weighted by Crippen LogP contribution is 2.26. The van der Waals surface area contributed by atoms with E-state index in [4.69, 9.17) is 9.26 Å². The summed E-state index contributed by atoms with van der Waals surface area (Å²) < 4.78 is 10.8. The Labute approximate surface area is 136 Å². The van der Waals surface area contributed by atoms with Crippen LogP contribution in [0.25, 0.3) is 11.4 Å². The van der Waals surface area contributed by atoms with Crippen LogP contribution in [0.4, 0.5) is 0 Å². The van der Waals surface area contributed by atoms with Gasteiger partial charge in [-0.25, -0.2) is 0 Å². The smallest absolute Gasteiger partial charge is 0.228 e. The molecule has 2 aromatic rings. The number of aliphatic hydroxyl groups is 1. The summed E-state index contributed by atoms with van der Waals surface area (Å²) in [6.45, 7) is 2.30. The van der Waals surface area contributed by atoms with Crippen molar-refractivity contribution in [3.8, 4) is 11.4 Å². The van der Waals surface area contributed by atoms with Crippen LogP contribution in [0.2, 0.25) is 0 Å². The second kappa shape index (κ2) is 7.21. The van der Waals surface area contributed by atoms with Crippen molar-refractivity contribution < 1.29 is 14.4 Å². The minimum atomic E-state index is -0.194. The largest absolute Gasteiger partial charge is 0.394 e. The van der Waals surface area contributed by atoms with Gasteiger partial charge in [0.15, 0.2) is 0 Å². The van der Waals surface area contributed by atoms with Gasteiger partial charge in [0.1, 0.15) is 0 Å². The fourth-order valence-corrected chi connectivity index (χ4v) is 2.97. The molecule has 1 saturated heterocycles. The van der Waals surface area contributed by atoms with Crippen molar-refractivity contribution in [3.05, 3.63) is 36.2 Å². The maximum Gasteiger partial charge on any atom is 0.228 e. The second-order valence-corrected chi connectivity index (χ2v) is 6.04. The lowest BCUT2D eigenvalue weighted by Gasteiger charge is -2.43. The molecule has 6 heteroatoms. The predicted molar refractivity (Wildman–Crippen MR) is 85.9 cm³/mol. The fourth-order valence-electron chi connectivity index (χ4n) is 2.97. The Hall–Kier alpha value is -1.76. The van der Waals surface area contributed by atoms with Crippen LogP contribution in [0.1, 0.15) is 18.7 Å². The van der Waals surface area contributed by atoms with E-state index in [9.17, 15) is 5.11 Å². The van der Waals surface area contributed by atoms with Gasteiger partial charge in [0.05, 0.1) is 6.61 Å². The molecule has 0 radical (unpaired) electrons. The molecular formula is C17H23N3O3. The van der Waals surface area contributed by atoms with Crippen molar-refractivity contribution >= 4 is 0 Å². The van der Waals surface area contributed by atoms with Gasteiger partial charge in [-0.15, -0.1) is 0 Å². The number of hydrogen-bond acceptors (Lipinski definition) is 6. The third-order valence-corrected chi connectivity index (χ3v) is 4.69. The third-order valence-electron chi connectivity index (χ3n) is 4.69. The summed E-state index contributed by atoms with van der Waals surface area (Å²) in [7, 11) is 2.04. The van der Waals surface area contributed by atoms with Crippen molar-refractivity contribution in [3.63, 3.8) is 0 Å². The van der Waals surface area contributed by atoms with Crippen molar-refractivity contribution in [1.29, 1.82) is 0 Å². The zero-order valence-corrected chi connectivity index (χ0v) is 13.4. The summed E-state index contributed by atoms with van der Waals surface area (Å²) >= 11 is 0. The average Bonchev–Trinajstić information content (AvgIpc) is 3.10. The zero-order valence-electron chi connectivity index (χ0n) is 13.4. The van der Waals surface area contributed by atoms with Gasteiger partial charge >= 0.3 is 0 Å². The van der Waals surface area contributed by atoms with Crippen LogP contribution in [-0.4, -0.2) is 59.1 Å². The molecule has 1 aliphatic rings. The molecule has 124 valence electrons. The van der Waals surface area contributed by atoms with Gasteiger partial charge in [-0.1, -0.05) is 35.5 Å². The Balaban J connectivity index is 1.61. The first-order chi connectivity index (χ1) is 11.2. The van der Waals surface area contributed by atoms with E-state index in [2.05, 4.69) is 15.0 Å². The average molecular weight is 317 g/mol. The maximum absolute atomic E-state index is 9.81. The quantitative estimate of drug-likeness (QED) is 0.875. The van der Waals surface area contributed by atoms with Gasteiger partial charge in [0.2, 0.25) is 11.7 Å². The van der Waals surface area contributed by atoms with Gasteiger partial charge < -0.3 is 14.4 Å². The highest BCUT2D eigenvalue weighted by Gasteiger charge is 2.35. The second-order valence-electron chi connectivity index (χ2n) is 6.04. The standard InChI is InChI=1S/C17H23N3O3/c1-20(17(13-21)8-11-22-12-9-17)10-7-15-18-16(19-23-15)14-5-3-2-4-6-14/h2-6,21H,7-13H2,1H3. The highest BCUT2D eigenvalue weighted by atomic mass is 16.5. The highest BCUT2D eigenvalue weighted by molar-refractivity contribution is 5.53. The molecule has 1 N–H and O–H groups in total. The molecule has 1 fully saturated rings. The molecule has 2 heterocycles. The van der Waals surface area contributed by atoms with E-state index in [-0.39, 0.29) is 12.1 Å². The number of ether oxygens (including phenoxy) is 1. The molecule has 0 unspecified atom stereocenters. The minimum Gasteiger partial charge on any atom is -0.394 e. The first-order valence-electron chi connectivity index (χ1n) is 8.01. The van der Waals surface area contributed by atoms with Gasteiger partial charge in [0, 0.05) is 37.3 Å². The molecule has 1 aromatic heterocycles. The SMILES string of the molecule is CN(CCc1nc(-c2ccccc2)no1)C1(CO)CCOCC1. The van der Waals surface area contributed by atoms with Crippen molar-refractivity contribution in [1.82, 2.24) is 15.0 Å². The molecule has 0 aliphatic carbocycles. The third kappa shape index (κ3) is 3.60. The topological polar surface area (TPSA) is 71.6 Å². The number of nitrogens with zero attached hydrogens (tertiary/aromatic N) is 3. The molecule has 0 atom stereocenters. The molecule has 1 aromatic carbocycles. The van der Waals surface area contributed by atoms with Gasteiger partial charge in [-0.3, -0.25) is 4.90 Å².